The predicted octanol–water partition coefficient (Wildman–Crippen LogP) is 5.24. The molecule has 126 valence electrons. The van der Waals surface area contributed by atoms with Gasteiger partial charge in [-0.15, -0.1) is 0 Å². The van der Waals surface area contributed by atoms with Gasteiger partial charge in [0.15, 0.2) is 0 Å². The first-order chi connectivity index (χ1) is 12.1. The first-order valence-electron chi connectivity index (χ1n) is 8.24. The van der Waals surface area contributed by atoms with Gasteiger partial charge in [-0.1, -0.05) is 54.1 Å². The van der Waals surface area contributed by atoms with Gasteiger partial charge in [-0.25, -0.2) is 4.39 Å². The smallest absolute Gasteiger partial charge is 0.128 e. The Hall–Kier alpha value is -2.39. The van der Waals surface area contributed by atoms with Crippen molar-refractivity contribution < 1.29 is 4.39 Å². The van der Waals surface area contributed by atoms with Crippen molar-refractivity contribution in [2.45, 2.75) is 12.5 Å². The Kier molecular flexibility index (Phi) is 3.97. The van der Waals surface area contributed by atoms with Crippen LogP contribution in [0, 0.1) is 5.82 Å². The van der Waals surface area contributed by atoms with Crippen LogP contribution in [-0.4, -0.2) is 24.8 Å². The molecule has 0 saturated carbocycles. The van der Waals surface area contributed by atoms with Crippen molar-refractivity contribution in [2.24, 2.45) is 4.99 Å². The number of amidine groups is 1. The Morgan fingerprint density at radius 1 is 1.04 bits per heavy atom. The summed E-state index contributed by atoms with van der Waals surface area (Å²) in [7, 11) is 3.91. The first kappa shape index (κ1) is 16.1. The average molecular weight is 353 g/mol. The largest absolute Gasteiger partial charge is 0.366 e. The fraction of sp³-hybridized carbons (Fsp3) is 0.190. The van der Waals surface area contributed by atoms with E-state index in [2.05, 4.69) is 6.07 Å². The van der Waals surface area contributed by atoms with Crippen LogP contribution in [0.3, 0.4) is 0 Å². The summed E-state index contributed by atoms with van der Waals surface area (Å²) in [6.45, 7) is 0. The van der Waals surface area contributed by atoms with Crippen molar-refractivity contribution in [3.8, 4) is 0 Å². The van der Waals surface area contributed by atoms with E-state index < -0.39 is 0 Å². The molecule has 0 aromatic heterocycles. The Labute approximate surface area is 151 Å². The molecule has 2 nitrogen and oxygen atoms in total. The molecule has 1 aliphatic heterocycles. The summed E-state index contributed by atoms with van der Waals surface area (Å²) in [5.41, 5.74) is 2.60. The normalized spacial score (nSPS) is 16.5. The quantitative estimate of drug-likeness (QED) is 0.585. The first-order valence-corrected chi connectivity index (χ1v) is 8.62. The van der Waals surface area contributed by atoms with Crippen molar-refractivity contribution in [3.63, 3.8) is 0 Å². The minimum atomic E-state index is -0.385. The molecule has 1 aliphatic rings. The molecule has 0 aliphatic carbocycles. The number of nitrogens with zero attached hydrogens (tertiary/aromatic N) is 2. The highest BCUT2D eigenvalue weighted by Crippen LogP contribution is 2.40. The number of hydrogen-bond acceptors (Lipinski definition) is 2. The summed E-state index contributed by atoms with van der Waals surface area (Å²) in [6, 6.07) is 16.6. The summed E-state index contributed by atoms with van der Waals surface area (Å²) in [6.07, 6.45) is 0.650. The van der Waals surface area contributed by atoms with Crippen LogP contribution >= 0.6 is 11.6 Å². The summed E-state index contributed by atoms with van der Waals surface area (Å²) in [4.78, 5) is 6.82. The number of hydrogen-bond donors (Lipinski definition) is 0. The maximum absolute atomic E-state index is 14.5. The predicted molar refractivity (Wildman–Crippen MR) is 102 cm³/mol. The average Bonchev–Trinajstić information content (AvgIpc) is 2.62. The van der Waals surface area contributed by atoms with E-state index in [4.69, 9.17) is 16.6 Å². The molecule has 4 rings (SSSR count). The SMILES string of the molecule is CN(C)C1=NC(c2ccccc2F)c2cc3ccccc3c(Cl)c2C1. The van der Waals surface area contributed by atoms with Gasteiger partial charge in [0.1, 0.15) is 17.7 Å². The monoisotopic (exact) mass is 352 g/mol. The lowest BCUT2D eigenvalue weighted by Gasteiger charge is -2.29. The van der Waals surface area contributed by atoms with Gasteiger partial charge in [0.2, 0.25) is 0 Å². The van der Waals surface area contributed by atoms with Gasteiger partial charge in [0, 0.05) is 31.5 Å². The fourth-order valence-electron chi connectivity index (χ4n) is 3.42. The molecule has 1 atom stereocenters. The summed E-state index contributed by atoms with van der Waals surface area (Å²) in [5, 5.41) is 2.81. The minimum Gasteiger partial charge on any atom is -0.366 e. The molecule has 0 fully saturated rings. The van der Waals surface area contributed by atoms with Gasteiger partial charge in [-0.2, -0.15) is 0 Å². The lowest BCUT2D eigenvalue weighted by atomic mass is 9.88. The fourth-order valence-corrected chi connectivity index (χ4v) is 3.77. The third kappa shape index (κ3) is 2.69. The van der Waals surface area contributed by atoms with E-state index in [0.717, 1.165) is 32.8 Å². The maximum Gasteiger partial charge on any atom is 0.128 e. The van der Waals surface area contributed by atoms with Crippen molar-refractivity contribution in [1.29, 1.82) is 0 Å². The molecule has 0 spiro atoms. The van der Waals surface area contributed by atoms with Crippen LogP contribution in [-0.2, 0) is 6.42 Å². The highest BCUT2D eigenvalue weighted by atomic mass is 35.5. The molecule has 25 heavy (non-hydrogen) atoms. The standard InChI is InChI=1S/C21H18ClFN2/c1-25(2)19-12-16-17(11-13-7-3-4-8-14(13)20(16)22)21(24-19)15-9-5-6-10-18(15)23/h3-11,21H,12H2,1-2H3. The maximum atomic E-state index is 14.5. The molecule has 0 N–H and O–H groups in total. The second kappa shape index (κ2) is 6.16. The lowest BCUT2D eigenvalue weighted by molar-refractivity contribution is 0.574. The molecule has 4 heteroatoms. The Balaban J connectivity index is 2.01. The summed E-state index contributed by atoms with van der Waals surface area (Å²) < 4.78 is 14.5. The summed E-state index contributed by atoms with van der Waals surface area (Å²) in [5.74, 6) is 0.657. The van der Waals surface area contributed by atoms with Gasteiger partial charge < -0.3 is 4.90 Å². The number of likely N-dealkylation sites (N-methyl/N-ethyl adjacent to an activating group) is 1. The highest BCUT2D eigenvalue weighted by molar-refractivity contribution is 6.36. The number of fused-ring (bicyclic) bond motifs is 2. The summed E-state index contributed by atoms with van der Waals surface area (Å²) >= 11 is 6.75. The Bertz CT molecular complexity index is 994. The van der Waals surface area contributed by atoms with Crippen LogP contribution in [0.2, 0.25) is 5.02 Å². The molecule has 0 bridgehead atoms. The van der Waals surface area contributed by atoms with Gasteiger partial charge in [0.05, 0.1) is 5.02 Å². The highest BCUT2D eigenvalue weighted by Gasteiger charge is 2.28. The van der Waals surface area contributed by atoms with E-state index >= 15 is 0 Å². The van der Waals surface area contributed by atoms with Crippen molar-refractivity contribution >= 4 is 28.2 Å². The van der Waals surface area contributed by atoms with Crippen molar-refractivity contribution in [1.82, 2.24) is 4.90 Å². The molecule has 0 radical (unpaired) electrons. The molecule has 3 aromatic carbocycles. The third-order valence-electron chi connectivity index (χ3n) is 4.75. The Morgan fingerprint density at radius 2 is 1.76 bits per heavy atom. The van der Waals surface area contributed by atoms with Crippen LogP contribution in [0.4, 0.5) is 4.39 Å². The zero-order chi connectivity index (χ0) is 17.6. The van der Waals surface area contributed by atoms with Crippen LogP contribution in [0.5, 0.6) is 0 Å². The Morgan fingerprint density at radius 3 is 2.52 bits per heavy atom. The molecular weight excluding hydrogens is 335 g/mol. The van der Waals surface area contributed by atoms with Crippen LogP contribution in [0.15, 0.2) is 59.6 Å². The topological polar surface area (TPSA) is 15.6 Å². The zero-order valence-electron chi connectivity index (χ0n) is 14.1. The third-order valence-corrected chi connectivity index (χ3v) is 5.18. The minimum absolute atomic E-state index is 0.244. The van der Waals surface area contributed by atoms with E-state index in [1.165, 1.54) is 6.07 Å². The number of halogens is 2. The van der Waals surface area contributed by atoms with Crippen molar-refractivity contribution in [3.05, 3.63) is 82.1 Å². The number of aliphatic imine (C=N–C) groups is 1. The molecule has 1 heterocycles. The van der Waals surface area contributed by atoms with Crippen LogP contribution in [0.1, 0.15) is 22.7 Å². The van der Waals surface area contributed by atoms with E-state index in [1.807, 2.05) is 49.3 Å². The van der Waals surface area contributed by atoms with Gasteiger partial charge in [-0.05, 0) is 28.6 Å². The lowest BCUT2D eigenvalue weighted by Crippen LogP contribution is -2.29. The van der Waals surface area contributed by atoms with Crippen molar-refractivity contribution in [2.75, 3.05) is 14.1 Å². The van der Waals surface area contributed by atoms with E-state index in [1.54, 1.807) is 12.1 Å². The van der Waals surface area contributed by atoms with Gasteiger partial charge in [-0.3, -0.25) is 4.99 Å². The zero-order valence-corrected chi connectivity index (χ0v) is 14.9. The molecule has 3 aromatic rings. The van der Waals surface area contributed by atoms with E-state index in [9.17, 15) is 4.39 Å². The molecule has 0 amide bonds. The molecule has 0 saturated heterocycles. The molecular formula is C21H18ClFN2. The van der Waals surface area contributed by atoms with E-state index in [0.29, 0.717) is 12.0 Å². The van der Waals surface area contributed by atoms with E-state index in [-0.39, 0.29) is 11.9 Å². The van der Waals surface area contributed by atoms with Gasteiger partial charge >= 0.3 is 0 Å². The number of benzene rings is 3. The van der Waals surface area contributed by atoms with Crippen LogP contribution in [0.25, 0.3) is 10.8 Å². The van der Waals surface area contributed by atoms with Gasteiger partial charge in [0.25, 0.3) is 0 Å². The second-order valence-corrected chi connectivity index (χ2v) is 6.90. The van der Waals surface area contributed by atoms with Crippen LogP contribution < -0.4 is 0 Å². The second-order valence-electron chi connectivity index (χ2n) is 6.52. The molecule has 1 unspecified atom stereocenters. The number of rotatable bonds is 1.